The molecule has 96 valence electrons. The van der Waals surface area contributed by atoms with Crippen molar-refractivity contribution in [2.75, 3.05) is 0 Å². The van der Waals surface area contributed by atoms with Gasteiger partial charge in [0, 0.05) is 16.7 Å². The van der Waals surface area contributed by atoms with Crippen molar-refractivity contribution in [3.63, 3.8) is 0 Å². The van der Waals surface area contributed by atoms with E-state index in [1.54, 1.807) is 0 Å². The maximum absolute atomic E-state index is 8.31. The van der Waals surface area contributed by atoms with Crippen LogP contribution in [0.15, 0.2) is 65.7 Å². The van der Waals surface area contributed by atoms with Gasteiger partial charge in [0.1, 0.15) is 0 Å². The van der Waals surface area contributed by atoms with Crippen molar-refractivity contribution in [1.29, 1.82) is 5.41 Å². The standard InChI is InChI=1S/C17H18N2/c1-17(11-7-4-8-12-17)16(18)13-15(19-2)14-9-5-3-6-10-14/h3-11,13,18H,2,12H2,1H3/b15-13-,18-16?. The van der Waals surface area contributed by atoms with E-state index in [4.69, 9.17) is 5.41 Å². The third kappa shape index (κ3) is 2.97. The van der Waals surface area contributed by atoms with Gasteiger partial charge in [-0.3, -0.25) is 4.99 Å². The molecule has 0 saturated carbocycles. The Kier molecular flexibility index (Phi) is 3.91. The molecule has 0 fully saturated rings. The van der Waals surface area contributed by atoms with Crippen LogP contribution in [0.2, 0.25) is 0 Å². The van der Waals surface area contributed by atoms with Crippen molar-refractivity contribution < 1.29 is 0 Å². The SMILES string of the molecule is C=N/C(=C\C(=N)C1(C)C=CC=CC1)c1ccccc1. The van der Waals surface area contributed by atoms with Crippen molar-refractivity contribution >= 4 is 18.1 Å². The number of aliphatic imine (C=N–C) groups is 1. The average molecular weight is 250 g/mol. The van der Waals surface area contributed by atoms with E-state index in [-0.39, 0.29) is 5.41 Å². The minimum atomic E-state index is -0.251. The molecule has 0 radical (unpaired) electrons. The van der Waals surface area contributed by atoms with E-state index in [1.807, 2.05) is 48.6 Å². The fourth-order valence-corrected chi connectivity index (χ4v) is 2.06. The summed E-state index contributed by atoms with van der Waals surface area (Å²) in [5, 5.41) is 8.31. The predicted molar refractivity (Wildman–Crippen MR) is 82.7 cm³/mol. The van der Waals surface area contributed by atoms with Gasteiger partial charge in [0.15, 0.2) is 0 Å². The van der Waals surface area contributed by atoms with Crippen molar-refractivity contribution in [3.05, 3.63) is 66.3 Å². The normalized spacial score (nSPS) is 22.3. The van der Waals surface area contributed by atoms with E-state index in [1.165, 1.54) is 0 Å². The fraction of sp³-hybridized carbons (Fsp3) is 0.176. The quantitative estimate of drug-likeness (QED) is 0.775. The number of nitrogens with one attached hydrogen (secondary N) is 1. The highest BCUT2D eigenvalue weighted by atomic mass is 14.7. The van der Waals surface area contributed by atoms with Gasteiger partial charge < -0.3 is 5.41 Å². The van der Waals surface area contributed by atoms with Crippen LogP contribution in [0.1, 0.15) is 18.9 Å². The predicted octanol–water partition coefficient (Wildman–Crippen LogP) is 4.27. The molecule has 0 aromatic heterocycles. The molecule has 0 spiro atoms. The average Bonchev–Trinajstić information content (AvgIpc) is 2.46. The Hall–Kier alpha value is -2.22. The van der Waals surface area contributed by atoms with E-state index in [9.17, 15) is 0 Å². The Morgan fingerprint density at radius 1 is 1.32 bits per heavy atom. The zero-order chi connectivity index (χ0) is 13.7. The van der Waals surface area contributed by atoms with Crippen molar-refractivity contribution in [2.45, 2.75) is 13.3 Å². The van der Waals surface area contributed by atoms with Gasteiger partial charge in [-0.15, -0.1) is 0 Å². The highest BCUT2D eigenvalue weighted by molar-refractivity contribution is 6.03. The van der Waals surface area contributed by atoms with Crippen molar-refractivity contribution in [1.82, 2.24) is 0 Å². The summed E-state index contributed by atoms with van der Waals surface area (Å²) in [6, 6.07) is 9.84. The molecule has 0 saturated heterocycles. The number of benzene rings is 1. The van der Waals surface area contributed by atoms with E-state index in [0.717, 1.165) is 17.7 Å². The van der Waals surface area contributed by atoms with Crippen molar-refractivity contribution in [3.8, 4) is 0 Å². The van der Waals surface area contributed by atoms with Gasteiger partial charge in [-0.2, -0.15) is 0 Å². The Balaban J connectivity index is 2.29. The second kappa shape index (κ2) is 5.61. The van der Waals surface area contributed by atoms with Crippen LogP contribution >= 0.6 is 0 Å². The smallest absolute Gasteiger partial charge is 0.0712 e. The Bertz CT molecular complexity index is 564. The molecule has 2 nitrogen and oxygen atoms in total. The lowest BCUT2D eigenvalue weighted by Crippen LogP contribution is -2.23. The lowest BCUT2D eigenvalue weighted by Gasteiger charge is -2.26. The molecule has 0 heterocycles. The molecule has 1 unspecified atom stereocenters. The molecule has 1 aromatic rings. The Morgan fingerprint density at radius 3 is 2.63 bits per heavy atom. The first-order valence-electron chi connectivity index (χ1n) is 6.33. The van der Waals surface area contributed by atoms with Gasteiger partial charge in [0.05, 0.1) is 5.70 Å². The maximum Gasteiger partial charge on any atom is 0.0712 e. The Labute approximate surface area is 114 Å². The molecule has 2 heteroatoms. The number of hydrogen-bond acceptors (Lipinski definition) is 2. The topological polar surface area (TPSA) is 36.2 Å². The summed E-state index contributed by atoms with van der Waals surface area (Å²) < 4.78 is 0. The summed E-state index contributed by atoms with van der Waals surface area (Å²) in [5.41, 5.74) is 2.04. The molecule has 2 rings (SSSR count). The molecule has 0 aliphatic heterocycles. The van der Waals surface area contributed by atoms with Crippen LogP contribution in [0.5, 0.6) is 0 Å². The summed E-state index contributed by atoms with van der Waals surface area (Å²) in [7, 11) is 0. The zero-order valence-corrected chi connectivity index (χ0v) is 11.1. The monoisotopic (exact) mass is 250 g/mol. The minimum Gasteiger partial charge on any atom is -0.304 e. The van der Waals surface area contributed by atoms with Gasteiger partial charge in [-0.1, -0.05) is 61.6 Å². The van der Waals surface area contributed by atoms with Gasteiger partial charge in [0.2, 0.25) is 0 Å². The fourth-order valence-electron chi connectivity index (χ4n) is 2.06. The molecule has 1 N–H and O–H groups in total. The molecule has 0 amide bonds. The first kappa shape index (κ1) is 13.2. The van der Waals surface area contributed by atoms with Gasteiger partial charge in [-0.25, -0.2) is 0 Å². The summed E-state index contributed by atoms with van der Waals surface area (Å²) in [5.74, 6) is 0. The van der Waals surface area contributed by atoms with Crippen LogP contribution in [0.25, 0.3) is 5.70 Å². The van der Waals surface area contributed by atoms with Crippen LogP contribution in [0, 0.1) is 10.8 Å². The summed E-state index contributed by atoms with van der Waals surface area (Å²) >= 11 is 0. The van der Waals surface area contributed by atoms with Gasteiger partial charge in [0.25, 0.3) is 0 Å². The number of allylic oxidation sites excluding steroid dienone is 5. The highest BCUT2D eigenvalue weighted by Gasteiger charge is 2.25. The summed E-state index contributed by atoms with van der Waals surface area (Å²) in [4.78, 5) is 4.05. The second-order valence-corrected chi connectivity index (χ2v) is 4.88. The summed E-state index contributed by atoms with van der Waals surface area (Å²) in [6.07, 6.45) is 10.8. The van der Waals surface area contributed by atoms with Crippen molar-refractivity contribution in [2.24, 2.45) is 10.4 Å². The molecule has 1 aliphatic carbocycles. The Morgan fingerprint density at radius 2 is 2.05 bits per heavy atom. The largest absolute Gasteiger partial charge is 0.304 e. The van der Waals surface area contributed by atoms with Gasteiger partial charge in [-0.05, 0) is 19.2 Å². The molecule has 1 aliphatic rings. The van der Waals surface area contributed by atoms with Crippen LogP contribution in [-0.2, 0) is 0 Å². The molecule has 1 atom stereocenters. The molecule has 19 heavy (non-hydrogen) atoms. The lowest BCUT2D eigenvalue weighted by molar-refractivity contribution is 0.601. The first-order valence-corrected chi connectivity index (χ1v) is 6.33. The third-order valence-corrected chi connectivity index (χ3v) is 3.39. The van der Waals surface area contributed by atoms with Crippen LogP contribution in [-0.4, -0.2) is 12.4 Å². The van der Waals surface area contributed by atoms with Crippen LogP contribution < -0.4 is 0 Å². The number of hydrogen-bond donors (Lipinski definition) is 1. The first-order chi connectivity index (χ1) is 9.15. The van der Waals surface area contributed by atoms with E-state index in [0.29, 0.717) is 5.71 Å². The number of nitrogens with zero attached hydrogens (tertiary/aromatic N) is 1. The van der Waals surface area contributed by atoms with E-state index < -0.39 is 0 Å². The highest BCUT2D eigenvalue weighted by Crippen LogP contribution is 2.30. The molecular weight excluding hydrogens is 232 g/mol. The third-order valence-electron chi connectivity index (χ3n) is 3.39. The van der Waals surface area contributed by atoms with E-state index >= 15 is 0 Å². The van der Waals surface area contributed by atoms with Crippen LogP contribution in [0.3, 0.4) is 0 Å². The van der Waals surface area contributed by atoms with Crippen LogP contribution in [0.4, 0.5) is 0 Å². The summed E-state index contributed by atoms with van der Waals surface area (Å²) in [6.45, 7) is 5.68. The lowest BCUT2D eigenvalue weighted by atomic mass is 9.79. The molecule has 1 aromatic carbocycles. The number of rotatable bonds is 4. The van der Waals surface area contributed by atoms with E-state index in [2.05, 4.69) is 30.8 Å². The molecule has 0 bridgehead atoms. The maximum atomic E-state index is 8.31. The zero-order valence-electron chi connectivity index (χ0n) is 11.1. The van der Waals surface area contributed by atoms with Gasteiger partial charge >= 0.3 is 0 Å². The molecular formula is C17H18N2. The second-order valence-electron chi connectivity index (χ2n) is 4.88. The minimum absolute atomic E-state index is 0.251.